The van der Waals surface area contributed by atoms with E-state index in [9.17, 15) is 4.79 Å². The van der Waals surface area contributed by atoms with E-state index in [0.29, 0.717) is 25.6 Å². The smallest absolute Gasteiger partial charge is 0.222 e. The molecule has 33 heavy (non-hydrogen) atoms. The van der Waals surface area contributed by atoms with Crippen molar-refractivity contribution in [1.82, 2.24) is 20.4 Å². The van der Waals surface area contributed by atoms with Crippen molar-refractivity contribution in [2.75, 3.05) is 39.8 Å². The first kappa shape index (κ1) is 25.5. The van der Waals surface area contributed by atoms with E-state index in [2.05, 4.69) is 55.8 Å². The van der Waals surface area contributed by atoms with Gasteiger partial charge in [-0.25, -0.2) is 0 Å². The third-order valence-corrected chi connectivity index (χ3v) is 6.12. The minimum atomic E-state index is 0. The van der Waals surface area contributed by atoms with Crippen LogP contribution in [-0.2, 0) is 22.6 Å². The van der Waals surface area contributed by atoms with Gasteiger partial charge in [-0.2, -0.15) is 0 Å². The molecule has 7 nitrogen and oxygen atoms in total. The summed E-state index contributed by atoms with van der Waals surface area (Å²) in [6, 6.07) is 20.9. The second kappa shape index (κ2) is 12.9. The van der Waals surface area contributed by atoms with Crippen LogP contribution in [0.1, 0.15) is 17.5 Å². The van der Waals surface area contributed by atoms with Gasteiger partial charge in [-0.15, -0.1) is 24.0 Å². The number of nitrogens with zero attached hydrogens (tertiary/aromatic N) is 3. The van der Waals surface area contributed by atoms with Crippen molar-refractivity contribution in [3.8, 4) is 0 Å². The molecule has 2 aliphatic heterocycles. The molecule has 178 valence electrons. The number of guanidine groups is 1. The number of morpholine rings is 1. The van der Waals surface area contributed by atoms with Crippen LogP contribution in [0.2, 0.25) is 0 Å². The third kappa shape index (κ3) is 7.15. The molecule has 0 radical (unpaired) electrons. The SMILES string of the molecule is CN=C(NCCC(=O)NCc1ccccc1)N1CC2OCCN(Cc3ccccc3)C2C1.I. The lowest BCUT2D eigenvalue weighted by atomic mass is 10.1. The molecule has 2 saturated heterocycles. The van der Waals surface area contributed by atoms with Crippen molar-refractivity contribution in [3.63, 3.8) is 0 Å². The summed E-state index contributed by atoms with van der Waals surface area (Å²) in [6.45, 7) is 5.43. The number of carbonyl (C=O) groups excluding carboxylic acids is 1. The van der Waals surface area contributed by atoms with Crippen molar-refractivity contribution in [2.24, 2.45) is 4.99 Å². The Hall–Kier alpha value is -2.17. The highest BCUT2D eigenvalue weighted by atomic mass is 127. The lowest BCUT2D eigenvalue weighted by Gasteiger charge is -2.36. The number of nitrogens with one attached hydrogen (secondary N) is 2. The highest BCUT2D eigenvalue weighted by molar-refractivity contribution is 14.0. The zero-order valence-electron chi connectivity index (χ0n) is 19.2. The lowest BCUT2D eigenvalue weighted by Crippen LogP contribution is -2.50. The van der Waals surface area contributed by atoms with Crippen molar-refractivity contribution >= 4 is 35.8 Å². The summed E-state index contributed by atoms with van der Waals surface area (Å²) < 4.78 is 6.08. The van der Waals surface area contributed by atoms with Crippen LogP contribution in [0, 0.1) is 0 Å². The number of ether oxygens (including phenoxy) is 1. The van der Waals surface area contributed by atoms with Crippen molar-refractivity contribution in [2.45, 2.75) is 31.7 Å². The molecule has 2 atom stereocenters. The minimum absolute atomic E-state index is 0. The van der Waals surface area contributed by atoms with Gasteiger partial charge in [0.1, 0.15) is 0 Å². The van der Waals surface area contributed by atoms with E-state index in [4.69, 9.17) is 4.74 Å². The molecule has 0 aromatic heterocycles. The van der Waals surface area contributed by atoms with E-state index < -0.39 is 0 Å². The quantitative estimate of drug-likeness (QED) is 0.308. The Bertz CT molecular complexity index is 896. The Morgan fingerprint density at radius 3 is 2.42 bits per heavy atom. The van der Waals surface area contributed by atoms with Crippen LogP contribution in [0.3, 0.4) is 0 Å². The number of rotatable bonds is 7. The zero-order valence-corrected chi connectivity index (χ0v) is 21.5. The van der Waals surface area contributed by atoms with E-state index in [-0.39, 0.29) is 36.0 Å². The van der Waals surface area contributed by atoms with Crippen LogP contribution < -0.4 is 10.6 Å². The van der Waals surface area contributed by atoms with Crippen molar-refractivity contribution < 1.29 is 9.53 Å². The summed E-state index contributed by atoms with van der Waals surface area (Å²) >= 11 is 0. The van der Waals surface area contributed by atoms with Gasteiger partial charge in [0.05, 0.1) is 18.8 Å². The normalized spacial score (nSPS) is 20.6. The maximum Gasteiger partial charge on any atom is 0.222 e. The largest absolute Gasteiger partial charge is 0.373 e. The van der Waals surface area contributed by atoms with Gasteiger partial charge in [0.15, 0.2) is 5.96 Å². The first-order chi connectivity index (χ1) is 15.7. The zero-order chi connectivity index (χ0) is 22.2. The second-order valence-electron chi connectivity index (χ2n) is 8.32. The van der Waals surface area contributed by atoms with Gasteiger partial charge >= 0.3 is 0 Å². The number of hydrogen-bond acceptors (Lipinski definition) is 4. The molecule has 0 bridgehead atoms. The number of fused-ring (bicyclic) bond motifs is 1. The van der Waals surface area contributed by atoms with Crippen LogP contribution >= 0.6 is 24.0 Å². The average molecular weight is 563 g/mol. The highest BCUT2D eigenvalue weighted by Gasteiger charge is 2.41. The third-order valence-electron chi connectivity index (χ3n) is 6.12. The van der Waals surface area contributed by atoms with Gasteiger partial charge in [0, 0.05) is 52.7 Å². The van der Waals surface area contributed by atoms with E-state index >= 15 is 0 Å². The molecule has 0 aliphatic carbocycles. The molecule has 1 amide bonds. The van der Waals surface area contributed by atoms with Gasteiger partial charge in [-0.3, -0.25) is 14.7 Å². The van der Waals surface area contributed by atoms with Gasteiger partial charge < -0.3 is 20.3 Å². The summed E-state index contributed by atoms with van der Waals surface area (Å²) in [6.07, 6.45) is 0.587. The first-order valence-electron chi connectivity index (χ1n) is 11.4. The van der Waals surface area contributed by atoms with Crippen LogP contribution in [0.15, 0.2) is 65.7 Å². The molecular weight excluding hydrogens is 529 g/mol. The molecule has 2 unspecified atom stereocenters. The molecule has 2 aromatic carbocycles. The van der Waals surface area contributed by atoms with E-state index in [1.807, 2.05) is 30.3 Å². The van der Waals surface area contributed by atoms with E-state index in [0.717, 1.165) is 44.3 Å². The Kier molecular flexibility index (Phi) is 9.95. The molecule has 2 heterocycles. The van der Waals surface area contributed by atoms with Gasteiger partial charge in [0.25, 0.3) is 0 Å². The van der Waals surface area contributed by atoms with Crippen molar-refractivity contribution in [3.05, 3.63) is 71.8 Å². The summed E-state index contributed by atoms with van der Waals surface area (Å²) in [5.41, 5.74) is 2.43. The van der Waals surface area contributed by atoms with Crippen molar-refractivity contribution in [1.29, 1.82) is 0 Å². The molecule has 0 saturated carbocycles. The topological polar surface area (TPSA) is 69.2 Å². The monoisotopic (exact) mass is 563 g/mol. The predicted octanol–water partition coefficient (Wildman–Crippen LogP) is 2.47. The Morgan fingerprint density at radius 2 is 1.73 bits per heavy atom. The fraction of sp³-hybridized carbons (Fsp3) is 0.440. The summed E-state index contributed by atoms with van der Waals surface area (Å²) in [7, 11) is 1.79. The molecule has 0 spiro atoms. The standard InChI is InChI=1S/C25H33N5O2.HI/c1-26-25(27-13-12-24(31)28-16-20-8-4-2-5-9-20)30-18-22-23(19-30)32-15-14-29(22)17-21-10-6-3-7-11-21;/h2-11,22-23H,12-19H2,1H3,(H,26,27)(H,28,31);1H. The molecule has 2 aliphatic rings. The number of carbonyl (C=O) groups is 1. The van der Waals surface area contributed by atoms with E-state index in [1.165, 1.54) is 5.56 Å². The molecule has 2 aromatic rings. The fourth-order valence-corrected chi connectivity index (χ4v) is 4.45. The number of aliphatic imine (C=N–C) groups is 1. The number of halogens is 1. The summed E-state index contributed by atoms with van der Waals surface area (Å²) in [5, 5.41) is 6.33. The van der Waals surface area contributed by atoms with Gasteiger partial charge in [0.2, 0.25) is 5.91 Å². The Labute approximate surface area is 213 Å². The molecule has 4 rings (SSSR count). The first-order valence-corrected chi connectivity index (χ1v) is 11.4. The second-order valence-corrected chi connectivity index (χ2v) is 8.32. The summed E-state index contributed by atoms with van der Waals surface area (Å²) in [5.74, 6) is 0.864. The Morgan fingerprint density at radius 1 is 1.03 bits per heavy atom. The fourth-order valence-electron chi connectivity index (χ4n) is 4.45. The maximum atomic E-state index is 12.2. The van der Waals surface area contributed by atoms with Gasteiger partial charge in [-0.1, -0.05) is 60.7 Å². The maximum absolute atomic E-state index is 12.2. The minimum Gasteiger partial charge on any atom is -0.373 e. The van der Waals surface area contributed by atoms with Crippen LogP contribution in [0.25, 0.3) is 0 Å². The van der Waals surface area contributed by atoms with Crippen LogP contribution in [-0.4, -0.2) is 73.6 Å². The number of hydrogen-bond donors (Lipinski definition) is 2. The average Bonchev–Trinajstić information content (AvgIpc) is 3.27. The number of likely N-dealkylation sites (tertiary alicyclic amines) is 1. The van der Waals surface area contributed by atoms with E-state index in [1.54, 1.807) is 7.05 Å². The lowest BCUT2D eigenvalue weighted by molar-refractivity contribution is -0.121. The summed E-state index contributed by atoms with van der Waals surface area (Å²) in [4.78, 5) is 21.4. The Balaban J connectivity index is 0.00000306. The molecular formula is C25H34IN5O2. The molecule has 8 heteroatoms. The molecule has 2 fully saturated rings. The van der Waals surface area contributed by atoms with Gasteiger partial charge in [-0.05, 0) is 11.1 Å². The highest BCUT2D eigenvalue weighted by Crippen LogP contribution is 2.24. The number of benzene rings is 2. The predicted molar refractivity (Wildman–Crippen MR) is 142 cm³/mol. The molecule has 2 N–H and O–H groups in total. The van der Waals surface area contributed by atoms with Crippen LogP contribution in [0.5, 0.6) is 0 Å². The number of amides is 1. The van der Waals surface area contributed by atoms with Crippen LogP contribution in [0.4, 0.5) is 0 Å².